The quantitative estimate of drug-likeness (QED) is 0.0329. The second kappa shape index (κ2) is 55.8. The van der Waals surface area contributed by atoms with Gasteiger partial charge in [0, 0.05) is 23.0 Å². The van der Waals surface area contributed by atoms with Crippen LogP contribution in [0.15, 0.2) is 0 Å². The molecule has 0 saturated heterocycles. The molecule has 0 aliphatic heterocycles. The lowest BCUT2D eigenvalue weighted by Crippen LogP contribution is -2.45. The molecule has 480 valence electrons. The number of ether oxygens (including phenoxy) is 4. The second-order valence-electron chi connectivity index (χ2n) is 25.0. The van der Waals surface area contributed by atoms with Crippen molar-refractivity contribution in [2.24, 2.45) is 52.8 Å². The third-order valence-corrected chi connectivity index (χ3v) is 22.5. The third kappa shape index (κ3) is 44.4. The first-order valence-electron chi connectivity index (χ1n) is 34.2. The van der Waals surface area contributed by atoms with Crippen molar-refractivity contribution in [1.29, 1.82) is 0 Å². The summed E-state index contributed by atoms with van der Waals surface area (Å²) in [5.74, 6) is 6.06. The molecule has 0 spiro atoms. The summed E-state index contributed by atoms with van der Waals surface area (Å²) in [5, 5.41) is 0. The zero-order chi connectivity index (χ0) is 60.2. The van der Waals surface area contributed by atoms with Crippen molar-refractivity contribution in [2.45, 2.75) is 289 Å². The molecule has 8 unspecified atom stereocenters. The van der Waals surface area contributed by atoms with Crippen molar-refractivity contribution in [3.05, 3.63) is 0 Å². The minimum Gasteiger partial charge on any atom is -0.464 e. The van der Waals surface area contributed by atoms with E-state index in [9.17, 15) is 19.2 Å². The Bertz CT molecular complexity index is 1250. The molecule has 8 atom stereocenters. The fourth-order valence-electron chi connectivity index (χ4n) is 10.1. The van der Waals surface area contributed by atoms with Crippen LogP contribution in [0.25, 0.3) is 0 Å². The van der Waals surface area contributed by atoms with Gasteiger partial charge in [0.25, 0.3) is 0 Å². The smallest absolute Gasteiger partial charge is 0.309 e. The molecule has 0 rings (SSSR count). The van der Waals surface area contributed by atoms with Gasteiger partial charge in [-0.2, -0.15) is 47.0 Å². The summed E-state index contributed by atoms with van der Waals surface area (Å²) >= 11 is 7.26. The van der Waals surface area contributed by atoms with E-state index in [1.165, 1.54) is 180 Å². The summed E-state index contributed by atoms with van der Waals surface area (Å²) in [5.41, 5.74) is -1.31. The van der Waals surface area contributed by atoms with E-state index >= 15 is 0 Å². The van der Waals surface area contributed by atoms with Gasteiger partial charge in [0.2, 0.25) is 0 Å². The number of hydrogen-bond donors (Lipinski definition) is 0. The van der Waals surface area contributed by atoms with Crippen LogP contribution in [-0.4, -0.2) is 96.3 Å². The monoisotopic (exact) mass is 1220 g/mol. The van der Waals surface area contributed by atoms with E-state index in [1.54, 1.807) is 0 Å². The molecule has 8 nitrogen and oxygen atoms in total. The standard InChI is InChI=1S/C69H132O8S4/c1-13-21-25-29-33-37-41-61(17-5)49-78-45-57(9)65(70)74-53-69(54-75-66(71)58(10)46-79-50-62(18-6)42-38-34-30-26-22-14-2,55-76-67(72)59(11)47-80-51-63(19-7)43-39-35-31-27-23-15-3)56-77-68(73)60(12)48-81-52-64(20-8)44-40-36-32-28-24-16-4/h57-64H,13-56H2,1-12H3. The third-order valence-electron chi connectivity index (χ3n) is 16.8. The highest BCUT2D eigenvalue weighted by Gasteiger charge is 2.40. The van der Waals surface area contributed by atoms with Crippen molar-refractivity contribution in [1.82, 2.24) is 0 Å². The van der Waals surface area contributed by atoms with E-state index in [-0.39, 0.29) is 74.0 Å². The Morgan fingerprint density at radius 1 is 0.284 bits per heavy atom. The van der Waals surface area contributed by atoms with Gasteiger partial charge in [-0.05, 0) is 72.4 Å². The maximum atomic E-state index is 14.0. The highest BCUT2D eigenvalue weighted by atomic mass is 32.2. The molecule has 0 N–H and O–H groups in total. The number of carbonyl (C=O) groups is 4. The van der Waals surface area contributed by atoms with Gasteiger partial charge < -0.3 is 18.9 Å². The van der Waals surface area contributed by atoms with Crippen molar-refractivity contribution in [3.63, 3.8) is 0 Å². The van der Waals surface area contributed by atoms with Crippen molar-refractivity contribution >= 4 is 70.9 Å². The number of rotatable bonds is 60. The molecule has 0 saturated carbocycles. The van der Waals surface area contributed by atoms with E-state index in [0.29, 0.717) is 46.7 Å². The number of esters is 4. The van der Waals surface area contributed by atoms with Crippen LogP contribution in [0.3, 0.4) is 0 Å². The van der Waals surface area contributed by atoms with E-state index in [2.05, 4.69) is 55.4 Å². The van der Waals surface area contributed by atoms with Crippen LogP contribution in [0.1, 0.15) is 289 Å². The molecule has 81 heavy (non-hydrogen) atoms. The minimum absolute atomic E-state index is 0.219. The lowest BCUT2D eigenvalue weighted by Gasteiger charge is -2.33. The topological polar surface area (TPSA) is 105 Å². The molecule has 0 aromatic rings. The minimum atomic E-state index is -1.31. The normalized spacial score (nSPS) is 15.5. The van der Waals surface area contributed by atoms with Crippen LogP contribution in [0.4, 0.5) is 0 Å². The predicted molar refractivity (Wildman–Crippen MR) is 359 cm³/mol. The second-order valence-corrected chi connectivity index (χ2v) is 29.3. The Morgan fingerprint density at radius 3 is 0.654 bits per heavy atom. The van der Waals surface area contributed by atoms with Gasteiger partial charge in [-0.15, -0.1) is 0 Å². The van der Waals surface area contributed by atoms with Crippen LogP contribution in [0.5, 0.6) is 0 Å². The Balaban J connectivity index is 6.39. The van der Waals surface area contributed by atoms with Crippen molar-refractivity contribution in [2.75, 3.05) is 72.5 Å². The Morgan fingerprint density at radius 2 is 0.469 bits per heavy atom. The summed E-state index contributed by atoms with van der Waals surface area (Å²) in [6, 6.07) is 0. The van der Waals surface area contributed by atoms with Gasteiger partial charge in [0.1, 0.15) is 31.8 Å². The van der Waals surface area contributed by atoms with Gasteiger partial charge in [-0.3, -0.25) is 19.2 Å². The van der Waals surface area contributed by atoms with Gasteiger partial charge in [0.05, 0.1) is 23.7 Å². The Kier molecular flexibility index (Phi) is 55.3. The van der Waals surface area contributed by atoms with E-state index in [0.717, 1.165) is 48.7 Å². The summed E-state index contributed by atoms with van der Waals surface area (Å²) in [4.78, 5) is 55.9. The van der Waals surface area contributed by atoms with Gasteiger partial charge >= 0.3 is 23.9 Å². The number of carbonyl (C=O) groups excluding carboxylic acids is 4. The highest BCUT2D eigenvalue weighted by molar-refractivity contribution is 7.99. The number of thioether (sulfide) groups is 4. The molecule has 0 fully saturated rings. The van der Waals surface area contributed by atoms with Crippen molar-refractivity contribution < 1.29 is 38.1 Å². The molecular weight excluding hydrogens is 1090 g/mol. The molecular formula is C69H132O8S4. The van der Waals surface area contributed by atoms with E-state index < -0.39 is 5.41 Å². The first-order chi connectivity index (χ1) is 39.2. The fourth-order valence-corrected chi connectivity index (χ4v) is 15.6. The summed E-state index contributed by atoms with van der Waals surface area (Å²) in [7, 11) is 0. The van der Waals surface area contributed by atoms with Crippen LogP contribution in [-0.2, 0) is 38.1 Å². The first kappa shape index (κ1) is 80.3. The van der Waals surface area contributed by atoms with Gasteiger partial charge in [-0.25, -0.2) is 0 Å². The highest BCUT2D eigenvalue weighted by Crippen LogP contribution is 2.29. The van der Waals surface area contributed by atoms with Crippen LogP contribution in [0, 0.1) is 52.8 Å². The molecule has 0 aromatic heterocycles. The number of hydrogen-bond acceptors (Lipinski definition) is 12. The summed E-state index contributed by atoms with van der Waals surface area (Å²) < 4.78 is 24.8. The Hall–Kier alpha value is -0.720. The molecule has 0 aliphatic rings. The summed E-state index contributed by atoms with van der Waals surface area (Å²) in [6.45, 7) is 24.9. The maximum absolute atomic E-state index is 14.0. The lowest BCUT2D eigenvalue weighted by molar-refractivity contribution is -0.174. The Labute approximate surface area is 519 Å². The average molecular weight is 1220 g/mol. The number of unbranched alkanes of at least 4 members (excludes halogenated alkanes) is 20. The average Bonchev–Trinajstić information content (AvgIpc) is 3.47. The molecule has 0 aromatic carbocycles. The molecule has 0 aliphatic carbocycles. The van der Waals surface area contributed by atoms with Crippen LogP contribution >= 0.6 is 47.0 Å². The zero-order valence-corrected chi connectivity index (χ0v) is 58.4. The molecule has 0 amide bonds. The van der Waals surface area contributed by atoms with E-state index in [4.69, 9.17) is 18.9 Å². The zero-order valence-electron chi connectivity index (χ0n) is 55.1. The SMILES string of the molecule is CCCCCCCCC(CC)CSCC(C)C(=O)OCC(COC(=O)C(C)CSCC(CC)CCCCCCCC)(COC(=O)C(C)CSCC(CC)CCCCCCCC)COC(=O)C(C)CSCC(CC)CCCCCCCC. The summed E-state index contributed by atoms with van der Waals surface area (Å²) in [6.07, 6.45) is 40.4. The molecule has 0 heterocycles. The lowest BCUT2D eigenvalue weighted by atomic mass is 9.91. The van der Waals surface area contributed by atoms with Crippen molar-refractivity contribution in [3.8, 4) is 0 Å². The first-order valence-corrected chi connectivity index (χ1v) is 38.8. The van der Waals surface area contributed by atoms with Crippen LogP contribution < -0.4 is 0 Å². The fraction of sp³-hybridized carbons (Fsp3) is 0.942. The van der Waals surface area contributed by atoms with Crippen LogP contribution in [0.2, 0.25) is 0 Å². The van der Waals surface area contributed by atoms with E-state index in [1.807, 2.05) is 74.7 Å². The van der Waals surface area contributed by atoms with Gasteiger partial charge in [0.15, 0.2) is 0 Å². The molecule has 0 radical (unpaired) electrons. The van der Waals surface area contributed by atoms with Gasteiger partial charge in [-0.1, -0.05) is 263 Å². The largest absolute Gasteiger partial charge is 0.464 e. The molecule has 0 bridgehead atoms. The molecule has 12 heteroatoms. The maximum Gasteiger partial charge on any atom is 0.309 e. The predicted octanol–water partition coefficient (Wildman–Crippen LogP) is 20.7.